The number of piperidine rings is 2. The number of fused-ring (bicyclic) bond motifs is 1. The minimum Gasteiger partial charge on any atom is -0.497 e. The predicted molar refractivity (Wildman–Crippen MR) is 99.3 cm³/mol. The number of esters is 1. The molecule has 2 aliphatic heterocycles. The first kappa shape index (κ1) is 18.0. The zero-order valence-corrected chi connectivity index (χ0v) is 15.4. The van der Waals surface area contributed by atoms with Crippen LogP contribution >= 0.6 is 0 Å². The lowest BCUT2D eigenvalue weighted by Gasteiger charge is -2.51. The third-order valence-electron chi connectivity index (χ3n) is 5.97. The summed E-state index contributed by atoms with van der Waals surface area (Å²) >= 11 is 0. The first-order chi connectivity index (χ1) is 12.1. The van der Waals surface area contributed by atoms with Crippen LogP contribution in [0, 0.1) is 5.92 Å². The highest BCUT2D eigenvalue weighted by molar-refractivity contribution is 5.87. The number of benzene rings is 1. The van der Waals surface area contributed by atoms with Gasteiger partial charge in [0.2, 0.25) is 0 Å². The Hall–Kier alpha value is -1.81. The Kier molecular flexibility index (Phi) is 5.79. The summed E-state index contributed by atoms with van der Waals surface area (Å²) in [6, 6.07) is 8.29. The van der Waals surface area contributed by atoms with E-state index in [-0.39, 0.29) is 5.97 Å². The molecule has 2 saturated heterocycles. The summed E-state index contributed by atoms with van der Waals surface area (Å²) in [5, 5.41) is 0. The summed E-state index contributed by atoms with van der Waals surface area (Å²) < 4.78 is 11.9. The monoisotopic (exact) mass is 344 g/mol. The number of hydrogen-bond donors (Lipinski definition) is 0. The van der Waals surface area contributed by atoms with Crippen LogP contribution in [0.5, 0.6) is 5.75 Å². The van der Waals surface area contributed by atoms with E-state index in [1.54, 1.807) is 13.2 Å². The van der Waals surface area contributed by atoms with Crippen molar-refractivity contribution in [3.05, 3.63) is 35.9 Å². The van der Waals surface area contributed by atoms with Crippen molar-refractivity contribution in [3.63, 3.8) is 0 Å². The van der Waals surface area contributed by atoms with Gasteiger partial charge in [-0.1, -0.05) is 12.1 Å². The molecule has 0 amide bonds. The van der Waals surface area contributed by atoms with Gasteiger partial charge in [0.1, 0.15) is 12.4 Å². The lowest BCUT2D eigenvalue weighted by Crippen LogP contribution is -2.61. The lowest BCUT2D eigenvalue weighted by atomic mass is 9.82. The van der Waals surface area contributed by atoms with E-state index in [2.05, 4.69) is 7.05 Å². The van der Waals surface area contributed by atoms with Gasteiger partial charge in [0, 0.05) is 18.4 Å². The van der Waals surface area contributed by atoms with Crippen molar-refractivity contribution in [2.45, 2.75) is 38.1 Å². The van der Waals surface area contributed by atoms with E-state index in [4.69, 9.17) is 9.47 Å². The molecule has 1 unspecified atom stereocenters. The van der Waals surface area contributed by atoms with Crippen LogP contribution in [0.2, 0.25) is 0 Å². The lowest BCUT2D eigenvalue weighted by molar-refractivity contribution is -0.947. The van der Waals surface area contributed by atoms with Crippen LogP contribution < -0.4 is 4.74 Å². The maximum atomic E-state index is 12.1. The molecule has 4 nitrogen and oxygen atoms in total. The molecule has 3 rings (SSSR count). The Morgan fingerprint density at radius 3 is 2.68 bits per heavy atom. The third-order valence-corrected chi connectivity index (χ3v) is 5.97. The van der Waals surface area contributed by atoms with E-state index in [0.29, 0.717) is 18.6 Å². The molecule has 4 heteroatoms. The van der Waals surface area contributed by atoms with E-state index in [1.165, 1.54) is 55.8 Å². The molecule has 0 N–H and O–H groups in total. The van der Waals surface area contributed by atoms with Crippen LogP contribution in [-0.2, 0) is 9.53 Å². The first-order valence-electron chi connectivity index (χ1n) is 9.44. The van der Waals surface area contributed by atoms with Crippen LogP contribution in [0.3, 0.4) is 0 Å². The van der Waals surface area contributed by atoms with Gasteiger partial charge < -0.3 is 14.0 Å². The molecule has 3 atom stereocenters. The van der Waals surface area contributed by atoms with Crippen molar-refractivity contribution in [2.24, 2.45) is 5.92 Å². The zero-order chi connectivity index (χ0) is 17.7. The van der Waals surface area contributed by atoms with Crippen molar-refractivity contribution < 1.29 is 18.8 Å². The van der Waals surface area contributed by atoms with Crippen LogP contribution in [0.4, 0.5) is 0 Å². The molecular weight excluding hydrogens is 314 g/mol. The molecule has 1 aromatic rings. The average Bonchev–Trinajstić information content (AvgIpc) is 2.64. The Morgan fingerprint density at radius 1 is 1.16 bits per heavy atom. The molecular formula is C21H30NO3+. The van der Waals surface area contributed by atoms with E-state index < -0.39 is 0 Å². The van der Waals surface area contributed by atoms with E-state index in [9.17, 15) is 4.79 Å². The maximum absolute atomic E-state index is 12.1. The SMILES string of the molecule is COc1ccc(/C=C/C(=O)OC[C@@H]2CCC[N+]3(C)CCCC[C@@H]23)cc1. The molecule has 2 heterocycles. The summed E-state index contributed by atoms with van der Waals surface area (Å²) in [6.07, 6.45) is 9.69. The second kappa shape index (κ2) is 8.05. The molecule has 0 bridgehead atoms. The summed E-state index contributed by atoms with van der Waals surface area (Å²) in [5.41, 5.74) is 0.965. The fourth-order valence-corrected chi connectivity index (χ4v) is 4.54. The number of hydrogen-bond acceptors (Lipinski definition) is 3. The molecule has 1 aromatic carbocycles. The molecule has 0 aromatic heterocycles. The van der Waals surface area contributed by atoms with E-state index in [0.717, 1.165) is 11.3 Å². The second-order valence-corrected chi connectivity index (χ2v) is 7.63. The molecule has 136 valence electrons. The van der Waals surface area contributed by atoms with Crippen LogP contribution in [0.25, 0.3) is 6.08 Å². The standard InChI is InChI=1S/C21H30NO3/c1-22-14-4-3-7-20(22)18(6-5-15-22)16-25-21(23)13-10-17-8-11-19(24-2)12-9-17/h8-13,18,20H,3-7,14-16H2,1-2H3/q+1/b13-10+/t18-,20-,22?/m0/s1. The molecule has 2 aliphatic rings. The minimum atomic E-state index is -0.244. The van der Waals surface area contributed by atoms with Gasteiger partial charge >= 0.3 is 5.97 Å². The number of carbonyl (C=O) groups is 1. The van der Waals surface area contributed by atoms with Gasteiger partial charge in [0.15, 0.2) is 0 Å². The number of carbonyl (C=O) groups excluding carboxylic acids is 1. The number of quaternary nitrogens is 1. The van der Waals surface area contributed by atoms with Gasteiger partial charge in [0.25, 0.3) is 0 Å². The zero-order valence-electron chi connectivity index (χ0n) is 15.4. The highest BCUT2D eigenvalue weighted by atomic mass is 16.5. The van der Waals surface area contributed by atoms with Crippen LogP contribution in [-0.4, -0.2) is 50.3 Å². The average molecular weight is 344 g/mol. The van der Waals surface area contributed by atoms with Gasteiger partial charge in [-0.25, -0.2) is 4.79 Å². The number of rotatable bonds is 5. The first-order valence-corrected chi connectivity index (χ1v) is 9.44. The summed E-state index contributed by atoms with van der Waals surface area (Å²) in [6.45, 7) is 3.13. The van der Waals surface area contributed by atoms with Crippen molar-refractivity contribution in [1.82, 2.24) is 0 Å². The van der Waals surface area contributed by atoms with E-state index >= 15 is 0 Å². The smallest absolute Gasteiger partial charge is 0.330 e. The Labute approximate surface area is 151 Å². The number of methoxy groups -OCH3 is 1. The summed E-state index contributed by atoms with van der Waals surface area (Å²) in [7, 11) is 4.03. The van der Waals surface area contributed by atoms with Crippen molar-refractivity contribution >= 4 is 12.0 Å². The fourth-order valence-electron chi connectivity index (χ4n) is 4.54. The Bertz CT molecular complexity index is 606. The normalized spacial score (nSPS) is 29.2. The third kappa shape index (κ3) is 4.43. The number of ether oxygens (including phenoxy) is 2. The van der Waals surface area contributed by atoms with Crippen LogP contribution in [0.15, 0.2) is 30.3 Å². The number of nitrogens with zero attached hydrogens (tertiary/aromatic N) is 1. The summed E-state index contributed by atoms with van der Waals surface area (Å²) in [5.74, 6) is 1.08. The molecule has 0 aliphatic carbocycles. The molecule has 2 fully saturated rings. The highest BCUT2D eigenvalue weighted by Crippen LogP contribution is 2.36. The van der Waals surface area contributed by atoms with Gasteiger partial charge in [-0.2, -0.15) is 0 Å². The topological polar surface area (TPSA) is 35.5 Å². The molecule has 0 saturated carbocycles. The van der Waals surface area contributed by atoms with Crippen molar-refractivity contribution in [2.75, 3.05) is 33.9 Å². The quantitative estimate of drug-likeness (QED) is 0.464. The highest BCUT2D eigenvalue weighted by Gasteiger charge is 2.43. The maximum Gasteiger partial charge on any atom is 0.330 e. The van der Waals surface area contributed by atoms with Crippen LogP contribution in [0.1, 0.15) is 37.7 Å². The predicted octanol–water partition coefficient (Wildman–Crippen LogP) is 3.66. The fraction of sp³-hybridized carbons (Fsp3) is 0.571. The second-order valence-electron chi connectivity index (χ2n) is 7.63. The molecule has 0 radical (unpaired) electrons. The van der Waals surface area contributed by atoms with Gasteiger partial charge in [0.05, 0.1) is 33.3 Å². The molecule has 0 spiro atoms. The van der Waals surface area contributed by atoms with Crippen molar-refractivity contribution in [1.29, 1.82) is 0 Å². The summed E-state index contributed by atoms with van der Waals surface area (Å²) in [4.78, 5) is 12.1. The van der Waals surface area contributed by atoms with Gasteiger partial charge in [-0.3, -0.25) is 0 Å². The van der Waals surface area contributed by atoms with Gasteiger partial charge in [-0.05, 0) is 49.5 Å². The Balaban J connectivity index is 1.51. The minimum absolute atomic E-state index is 0.244. The van der Waals surface area contributed by atoms with E-state index in [1.807, 2.05) is 24.3 Å². The molecule has 25 heavy (non-hydrogen) atoms. The van der Waals surface area contributed by atoms with Crippen molar-refractivity contribution in [3.8, 4) is 5.75 Å². The Morgan fingerprint density at radius 2 is 1.92 bits per heavy atom. The largest absolute Gasteiger partial charge is 0.497 e. The van der Waals surface area contributed by atoms with Gasteiger partial charge in [-0.15, -0.1) is 0 Å².